The summed E-state index contributed by atoms with van der Waals surface area (Å²) in [4.78, 5) is 25.2. The number of fused-ring (bicyclic) bond motifs is 1. The molecule has 2 aliphatic rings. The number of nitriles is 1. The summed E-state index contributed by atoms with van der Waals surface area (Å²) in [6, 6.07) is 7.93. The van der Waals surface area contributed by atoms with Crippen LogP contribution in [0.1, 0.15) is 64.0 Å². The second kappa shape index (κ2) is 8.92. The summed E-state index contributed by atoms with van der Waals surface area (Å²) in [6.07, 6.45) is 5.33. The maximum atomic E-state index is 12.8. The van der Waals surface area contributed by atoms with Crippen LogP contribution in [0.3, 0.4) is 0 Å². The van der Waals surface area contributed by atoms with Crippen LogP contribution in [0.2, 0.25) is 5.02 Å². The van der Waals surface area contributed by atoms with Gasteiger partial charge in [-0.15, -0.1) is 0 Å². The lowest BCUT2D eigenvalue weighted by Gasteiger charge is -2.40. The largest absolute Gasteiger partial charge is 0.481 e. The number of carboxylic acid groups (broad SMARTS) is 1. The zero-order valence-electron chi connectivity index (χ0n) is 18.4. The van der Waals surface area contributed by atoms with Gasteiger partial charge in [-0.25, -0.2) is 4.79 Å². The highest BCUT2D eigenvalue weighted by Gasteiger charge is 2.49. The molecule has 1 saturated carbocycles. The van der Waals surface area contributed by atoms with Crippen molar-refractivity contribution in [2.75, 3.05) is 6.54 Å². The Bertz CT molecular complexity index is 944. The molecule has 3 rings (SSSR count). The Labute approximate surface area is 188 Å². The number of urea groups is 1. The summed E-state index contributed by atoms with van der Waals surface area (Å²) in [5.41, 5.74) is 2.46. The van der Waals surface area contributed by atoms with Crippen molar-refractivity contribution in [1.82, 2.24) is 10.2 Å². The predicted molar refractivity (Wildman–Crippen MR) is 119 cm³/mol. The number of hydrogen-bond donors (Lipinski definition) is 2. The van der Waals surface area contributed by atoms with Crippen molar-refractivity contribution in [3.05, 3.63) is 46.1 Å². The average molecular weight is 444 g/mol. The Hall–Kier alpha value is -2.52. The van der Waals surface area contributed by atoms with Crippen LogP contribution in [0.5, 0.6) is 0 Å². The predicted octanol–water partition coefficient (Wildman–Crippen LogP) is 5.22. The van der Waals surface area contributed by atoms with E-state index in [0.29, 0.717) is 17.9 Å². The van der Waals surface area contributed by atoms with E-state index in [-0.39, 0.29) is 30.3 Å². The van der Waals surface area contributed by atoms with Crippen LogP contribution < -0.4 is 5.32 Å². The first-order chi connectivity index (χ1) is 14.6. The maximum absolute atomic E-state index is 12.8. The molecule has 0 spiro atoms. The fraction of sp³-hybridized carbons (Fsp3) is 0.542. The van der Waals surface area contributed by atoms with Crippen LogP contribution >= 0.6 is 11.6 Å². The monoisotopic (exact) mass is 443 g/mol. The molecule has 7 heteroatoms. The van der Waals surface area contributed by atoms with E-state index in [9.17, 15) is 14.9 Å². The lowest BCUT2D eigenvalue weighted by molar-refractivity contribution is -0.137. The third-order valence-corrected chi connectivity index (χ3v) is 6.62. The number of carboxylic acids is 1. The first-order valence-electron chi connectivity index (χ1n) is 10.7. The Morgan fingerprint density at radius 2 is 2.16 bits per heavy atom. The van der Waals surface area contributed by atoms with E-state index in [1.165, 1.54) is 4.90 Å². The van der Waals surface area contributed by atoms with Crippen molar-refractivity contribution in [1.29, 1.82) is 5.26 Å². The Morgan fingerprint density at radius 3 is 2.77 bits per heavy atom. The van der Waals surface area contributed by atoms with Gasteiger partial charge in [0.15, 0.2) is 0 Å². The van der Waals surface area contributed by atoms with Crippen molar-refractivity contribution < 1.29 is 14.7 Å². The summed E-state index contributed by atoms with van der Waals surface area (Å²) in [7, 11) is 0. The minimum Gasteiger partial charge on any atom is -0.481 e. The molecule has 31 heavy (non-hydrogen) atoms. The van der Waals surface area contributed by atoms with Gasteiger partial charge in [-0.05, 0) is 59.8 Å². The molecule has 2 amide bonds. The number of rotatable bonds is 7. The number of halogens is 1. The third-order valence-electron chi connectivity index (χ3n) is 6.27. The Balaban J connectivity index is 1.95. The van der Waals surface area contributed by atoms with E-state index in [4.69, 9.17) is 16.7 Å². The molecular formula is C24H30ClN3O3. The lowest BCUT2D eigenvalue weighted by atomic mass is 9.80. The highest BCUT2D eigenvalue weighted by Crippen LogP contribution is 2.50. The van der Waals surface area contributed by atoms with Gasteiger partial charge >= 0.3 is 12.0 Å². The zero-order chi connectivity index (χ0) is 22.8. The van der Waals surface area contributed by atoms with Gasteiger partial charge in [-0.1, -0.05) is 44.5 Å². The van der Waals surface area contributed by atoms with E-state index in [1.807, 2.05) is 18.2 Å². The van der Waals surface area contributed by atoms with Gasteiger partial charge in [-0.2, -0.15) is 5.26 Å². The quantitative estimate of drug-likeness (QED) is 0.603. The van der Waals surface area contributed by atoms with Crippen molar-refractivity contribution in [2.45, 2.75) is 64.8 Å². The van der Waals surface area contributed by atoms with E-state index >= 15 is 0 Å². The number of carbonyl (C=O) groups is 2. The van der Waals surface area contributed by atoms with E-state index in [2.05, 4.69) is 32.2 Å². The van der Waals surface area contributed by atoms with Gasteiger partial charge in [0.25, 0.3) is 0 Å². The summed E-state index contributed by atoms with van der Waals surface area (Å²) in [6.45, 7) is 6.69. The molecule has 1 fully saturated rings. The molecule has 6 nitrogen and oxygen atoms in total. The van der Waals surface area contributed by atoms with Crippen molar-refractivity contribution in [2.24, 2.45) is 11.3 Å². The first kappa shape index (κ1) is 23.1. The minimum absolute atomic E-state index is 0.0114. The molecule has 1 heterocycles. The molecule has 2 N–H and O–H groups in total. The third kappa shape index (κ3) is 5.04. The summed E-state index contributed by atoms with van der Waals surface area (Å²) in [5.74, 6) is -0.946. The molecular weight excluding hydrogens is 414 g/mol. The van der Waals surface area contributed by atoms with Crippen LogP contribution in [-0.2, 0) is 16.8 Å². The van der Waals surface area contributed by atoms with Crippen molar-refractivity contribution >= 4 is 23.6 Å². The Morgan fingerprint density at radius 1 is 1.42 bits per heavy atom. The van der Waals surface area contributed by atoms with Crippen LogP contribution in [0, 0.1) is 22.7 Å². The number of nitrogens with zero attached hydrogens (tertiary/aromatic N) is 2. The number of carbonyl (C=O) groups excluding carboxylic acids is 1. The van der Waals surface area contributed by atoms with Gasteiger partial charge in [0.05, 0.1) is 18.0 Å². The average Bonchev–Trinajstić information content (AvgIpc) is 3.03. The number of aryl methyl sites for hydroxylation is 1. The van der Waals surface area contributed by atoms with Crippen LogP contribution in [0.25, 0.3) is 0 Å². The molecule has 1 aromatic carbocycles. The van der Waals surface area contributed by atoms with Gasteiger partial charge in [0.2, 0.25) is 0 Å². The van der Waals surface area contributed by atoms with Crippen LogP contribution in [0.15, 0.2) is 30.0 Å². The number of aliphatic carboxylic acids is 1. The van der Waals surface area contributed by atoms with Gasteiger partial charge in [0.1, 0.15) is 0 Å². The number of benzene rings is 1. The van der Waals surface area contributed by atoms with E-state index in [1.54, 1.807) is 6.20 Å². The summed E-state index contributed by atoms with van der Waals surface area (Å²) < 4.78 is 0. The van der Waals surface area contributed by atoms with E-state index in [0.717, 1.165) is 36.0 Å². The van der Waals surface area contributed by atoms with Crippen molar-refractivity contribution in [3.63, 3.8) is 0 Å². The standard InChI is InChI=1S/C24H30ClN3O3/c1-23(2,3)10-6-17-4-5-18(14-20(17)25)24-11-7-16(8-12-26)19(24)15-28(22(31)27-24)13-9-21(29)30/h4-5,14-16H,6-11,13H2,1-3H3,(H,27,31)(H,29,30). The van der Waals surface area contributed by atoms with Crippen LogP contribution in [-0.4, -0.2) is 28.6 Å². The normalized spacial score (nSPS) is 23.1. The molecule has 0 radical (unpaired) electrons. The fourth-order valence-electron chi connectivity index (χ4n) is 4.48. The van der Waals surface area contributed by atoms with Gasteiger partial charge in [0, 0.05) is 24.2 Å². The summed E-state index contributed by atoms with van der Waals surface area (Å²) in [5, 5.41) is 22.1. The molecule has 166 valence electrons. The molecule has 0 aromatic heterocycles. The van der Waals surface area contributed by atoms with Crippen molar-refractivity contribution in [3.8, 4) is 6.07 Å². The second-order valence-electron chi connectivity index (χ2n) is 9.72. The summed E-state index contributed by atoms with van der Waals surface area (Å²) >= 11 is 6.65. The number of nitrogens with one attached hydrogen (secondary N) is 1. The van der Waals surface area contributed by atoms with Gasteiger partial charge < -0.3 is 15.3 Å². The number of amides is 2. The zero-order valence-corrected chi connectivity index (χ0v) is 19.1. The molecule has 2 atom stereocenters. The van der Waals surface area contributed by atoms with Crippen LogP contribution in [0.4, 0.5) is 4.79 Å². The van der Waals surface area contributed by atoms with E-state index < -0.39 is 11.5 Å². The first-order valence-corrected chi connectivity index (χ1v) is 11.1. The number of hydrogen-bond acceptors (Lipinski definition) is 3. The molecule has 1 aromatic rings. The lowest BCUT2D eigenvalue weighted by Crippen LogP contribution is -2.54. The topological polar surface area (TPSA) is 93.4 Å². The SMILES string of the molecule is CC(C)(C)CCc1ccc(C23CCC(CC#N)C2=CN(CCC(=O)O)C(=O)N3)cc1Cl. The highest BCUT2D eigenvalue weighted by molar-refractivity contribution is 6.31. The molecule has 1 aliphatic carbocycles. The fourth-order valence-corrected chi connectivity index (χ4v) is 4.76. The minimum atomic E-state index is -0.958. The molecule has 0 bridgehead atoms. The molecule has 1 aliphatic heterocycles. The Kier molecular flexibility index (Phi) is 6.66. The molecule has 2 unspecified atom stereocenters. The smallest absolute Gasteiger partial charge is 0.322 e. The maximum Gasteiger partial charge on any atom is 0.322 e. The second-order valence-corrected chi connectivity index (χ2v) is 10.1. The molecule has 0 saturated heterocycles. The van der Waals surface area contributed by atoms with Gasteiger partial charge in [-0.3, -0.25) is 4.79 Å². The highest BCUT2D eigenvalue weighted by atomic mass is 35.5.